The average molecular weight is 193 g/mol. The van der Waals surface area contributed by atoms with Crippen LogP contribution in [-0.4, -0.2) is 16.0 Å². The molecule has 0 fully saturated rings. The zero-order valence-electron chi connectivity index (χ0n) is 8.00. The van der Waals surface area contributed by atoms with Crippen molar-refractivity contribution in [1.82, 2.24) is 9.97 Å². The Bertz CT molecular complexity index is 332. The molecule has 1 rings (SSSR count). The maximum atomic E-state index is 12.7. The van der Waals surface area contributed by atoms with Crippen LogP contribution in [0.15, 0.2) is 12.4 Å². The molecule has 1 atom stereocenters. The van der Waals surface area contributed by atoms with Gasteiger partial charge in [0, 0.05) is 6.07 Å². The number of terminal acetylenes is 1. The molecule has 1 heterocycles. The van der Waals surface area contributed by atoms with E-state index < -0.39 is 5.95 Å². The molecule has 74 valence electrons. The van der Waals surface area contributed by atoms with Crippen molar-refractivity contribution >= 4 is 5.82 Å². The van der Waals surface area contributed by atoms with Gasteiger partial charge in [-0.1, -0.05) is 19.3 Å². The third-order valence-corrected chi connectivity index (χ3v) is 1.73. The normalized spacial score (nSPS) is 11.8. The second-order valence-corrected chi connectivity index (χ2v) is 2.88. The molecular formula is C10H12FN3. The Morgan fingerprint density at radius 2 is 2.43 bits per heavy atom. The van der Waals surface area contributed by atoms with E-state index in [1.54, 1.807) is 0 Å². The standard InChI is InChI=1S/C10H12FN3/c1-3-5-8(4-2)14-10-6-9(11)12-7-13-10/h2,6-8H,3,5H2,1H3,(H,12,13,14). The van der Waals surface area contributed by atoms with Gasteiger partial charge in [0.25, 0.3) is 0 Å². The van der Waals surface area contributed by atoms with Gasteiger partial charge in [-0.15, -0.1) is 6.42 Å². The molecule has 0 amide bonds. The number of rotatable bonds is 4. The summed E-state index contributed by atoms with van der Waals surface area (Å²) in [6, 6.07) is 1.12. The fourth-order valence-corrected chi connectivity index (χ4v) is 1.08. The van der Waals surface area contributed by atoms with Crippen LogP contribution in [0.5, 0.6) is 0 Å². The second kappa shape index (κ2) is 5.18. The van der Waals surface area contributed by atoms with Crippen molar-refractivity contribution in [3.05, 3.63) is 18.3 Å². The van der Waals surface area contributed by atoms with Crippen LogP contribution in [0.25, 0.3) is 0 Å². The van der Waals surface area contributed by atoms with Crippen LogP contribution in [0, 0.1) is 18.3 Å². The predicted molar refractivity (Wildman–Crippen MR) is 53.1 cm³/mol. The van der Waals surface area contributed by atoms with Crippen molar-refractivity contribution in [2.45, 2.75) is 25.8 Å². The minimum absolute atomic E-state index is 0.103. The van der Waals surface area contributed by atoms with Gasteiger partial charge in [0.1, 0.15) is 12.1 Å². The summed E-state index contributed by atoms with van der Waals surface area (Å²) in [7, 11) is 0. The molecule has 1 aromatic rings. The Kier molecular flexibility index (Phi) is 3.86. The van der Waals surface area contributed by atoms with E-state index >= 15 is 0 Å². The number of halogens is 1. The first kappa shape index (κ1) is 10.5. The number of anilines is 1. The fraction of sp³-hybridized carbons (Fsp3) is 0.400. The Balaban J connectivity index is 2.63. The van der Waals surface area contributed by atoms with E-state index in [1.165, 1.54) is 6.07 Å². The zero-order chi connectivity index (χ0) is 10.4. The Labute approximate surface area is 82.8 Å². The molecule has 0 saturated carbocycles. The summed E-state index contributed by atoms with van der Waals surface area (Å²) >= 11 is 0. The molecule has 0 aliphatic heterocycles. The van der Waals surface area contributed by atoms with E-state index in [-0.39, 0.29) is 6.04 Å². The molecular weight excluding hydrogens is 181 g/mol. The number of nitrogens with zero attached hydrogens (tertiary/aromatic N) is 2. The molecule has 0 aliphatic rings. The van der Waals surface area contributed by atoms with Crippen molar-refractivity contribution in [3.63, 3.8) is 0 Å². The number of hydrogen-bond acceptors (Lipinski definition) is 3. The van der Waals surface area contributed by atoms with Crippen LogP contribution < -0.4 is 5.32 Å². The maximum Gasteiger partial charge on any atom is 0.217 e. The zero-order valence-corrected chi connectivity index (χ0v) is 8.00. The second-order valence-electron chi connectivity index (χ2n) is 2.88. The highest BCUT2D eigenvalue weighted by atomic mass is 19.1. The monoisotopic (exact) mass is 193 g/mol. The lowest BCUT2D eigenvalue weighted by Gasteiger charge is -2.11. The quantitative estimate of drug-likeness (QED) is 0.585. The van der Waals surface area contributed by atoms with Gasteiger partial charge in [0.15, 0.2) is 0 Å². The number of aromatic nitrogens is 2. The Morgan fingerprint density at radius 3 is 3.00 bits per heavy atom. The topological polar surface area (TPSA) is 37.8 Å². The molecule has 3 nitrogen and oxygen atoms in total. The maximum absolute atomic E-state index is 12.7. The molecule has 4 heteroatoms. The first-order valence-electron chi connectivity index (χ1n) is 4.46. The summed E-state index contributed by atoms with van der Waals surface area (Å²) in [5.41, 5.74) is 0. The highest BCUT2D eigenvalue weighted by Gasteiger charge is 2.04. The van der Waals surface area contributed by atoms with E-state index in [0.717, 1.165) is 19.2 Å². The van der Waals surface area contributed by atoms with E-state index in [0.29, 0.717) is 5.82 Å². The van der Waals surface area contributed by atoms with Gasteiger partial charge in [0.05, 0.1) is 6.04 Å². The van der Waals surface area contributed by atoms with E-state index in [2.05, 4.69) is 21.2 Å². The minimum atomic E-state index is -0.560. The van der Waals surface area contributed by atoms with Crippen LogP contribution in [0.3, 0.4) is 0 Å². The summed E-state index contributed by atoms with van der Waals surface area (Å²) in [5, 5.41) is 2.94. The van der Waals surface area contributed by atoms with Gasteiger partial charge in [-0.3, -0.25) is 0 Å². The van der Waals surface area contributed by atoms with Crippen molar-refractivity contribution in [2.24, 2.45) is 0 Å². The molecule has 0 bridgehead atoms. The van der Waals surface area contributed by atoms with Crippen molar-refractivity contribution in [1.29, 1.82) is 0 Å². The van der Waals surface area contributed by atoms with Gasteiger partial charge < -0.3 is 5.32 Å². The fourth-order valence-electron chi connectivity index (χ4n) is 1.08. The van der Waals surface area contributed by atoms with Crippen molar-refractivity contribution in [2.75, 3.05) is 5.32 Å². The Hall–Kier alpha value is -1.63. The van der Waals surface area contributed by atoms with Gasteiger partial charge in [-0.2, -0.15) is 4.39 Å². The first-order valence-corrected chi connectivity index (χ1v) is 4.46. The SMILES string of the molecule is C#CC(CCC)Nc1cc(F)ncn1. The van der Waals surface area contributed by atoms with Crippen LogP contribution in [-0.2, 0) is 0 Å². The van der Waals surface area contributed by atoms with Gasteiger partial charge in [-0.25, -0.2) is 9.97 Å². The third kappa shape index (κ3) is 3.02. The van der Waals surface area contributed by atoms with E-state index in [1.807, 2.05) is 6.92 Å². The molecule has 14 heavy (non-hydrogen) atoms. The third-order valence-electron chi connectivity index (χ3n) is 1.73. The Morgan fingerprint density at radius 1 is 1.64 bits per heavy atom. The highest BCUT2D eigenvalue weighted by molar-refractivity contribution is 5.36. The largest absolute Gasteiger partial charge is 0.356 e. The lowest BCUT2D eigenvalue weighted by molar-refractivity contribution is 0.579. The van der Waals surface area contributed by atoms with Crippen molar-refractivity contribution in [3.8, 4) is 12.3 Å². The average Bonchev–Trinajstić information content (AvgIpc) is 2.17. The molecule has 0 aromatic carbocycles. The van der Waals surface area contributed by atoms with E-state index in [9.17, 15) is 4.39 Å². The van der Waals surface area contributed by atoms with Crippen molar-refractivity contribution < 1.29 is 4.39 Å². The molecule has 1 aromatic heterocycles. The lowest BCUT2D eigenvalue weighted by Crippen LogP contribution is -2.17. The van der Waals surface area contributed by atoms with Gasteiger partial charge in [-0.05, 0) is 6.42 Å². The highest BCUT2D eigenvalue weighted by Crippen LogP contribution is 2.07. The van der Waals surface area contributed by atoms with Crippen LogP contribution in [0.1, 0.15) is 19.8 Å². The van der Waals surface area contributed by atoms with Gasteiger partial charge in [0.2, 0.25) is 5.95 Å². The summed E-state index contributed by atoms with van der Waals surface area (Å²) in [4.78, 5) is 7.20. The van der Waals surface area contributed by atoms with Gasteiger partial charge >= 0.3 is 0 Å². The molecule has 0 spiro atoms. The molecule has 0 aliphatic carbocycles. The minimum Gasteiger partial charge on any atom is -0.356 e. The summed E-state index contributed by atoms with van der Waals surface area (Å²) in [6.45, 7) is 2.03. The predicted octanol–water partition coefficient (Wildman–Crippen LogP) is 1.83. The molecule has 1 N–H and O–H groups in total. The first-order chi connectivity index (χ1) is 6.76. The lowest BCUT2D eigenvalue weighted by atomic mass is 10.2. The van der Waals surface area contributed by atoms with E-state index in [4.69, 9.17) is 6.42 Å². The summed E-state index contributed by atoms with van der Waals surface area (Å²) in [5.74, 6) is 2.44. The summed E-state index contributed by atoms with van der Waals surface area (Å²) < 4.78 is 12.7. The smallest absolute Gasteiger partial charge is 0.217 e. The van der Waals surface area contributed by atoms with Crippen LogP contribution >= 0.6 is 0 Å². The number of nitrogens with one attached hydrogen (secondary N) is 1. The molecule has 0 radical (unpaired) electrons. The molecule has 1 unspecified atom stereocenters. The number of hydrogen-bond donors (Lipinski definition) is 1. The van der Waals surface area contributed by atoms with Crippen LogP contribution in [0.2, 0.25) is 0 Å². The molecule has 0 saturated heterocycles. The summed E-state index contributed by atoms with van der Waals surface area (Å²) in [6.07, 6.45) is 8.26. The van der Waals surface area contributed by atoms with Crippen LogP contribution in [0.4, 0.5) is 10.2 Å².